The number of rotatable bonds is 3. The van der Waals surface area contributed by atoms with Crippen LogP contribution in [0.4, 0.5) is 0 Å². The van der Waals surface area contributed by atoms with Gasteiger partial charge in [0.25, 0.3) is 0 Å². The molecule has 1 N–H and O–H groups in total. The molecule has 0 aliphatic heterocycles. The van der Waals surface area contributed by atoms with Gasteiger partial charge in [-0.05, 0) is 48.0 Å². The molecule has 1 aliphatic carbocycles. The van der Waals surface area contributed by atoms with E-state index in [0.717, 1.165) is 9.50 Å². The quantitative estimate of drug-likeness (QED) is 0.925. The molecule has 1 aliphatic rings. The molecule has 16 heavy (non-hydrogen) atoms. The van der Waals surface area contributed by atoms with Crippen LogP contribution in [0, 0.1) is 0 Å². The van der Waals surface area contributed by atoms with Gasteiger partial charge in [0.05, 0.1) is 5.03 Å². The van der Waals surface area contributed by atoms with Crippen LogP contribution in [-0.2, 0) is 0 Å². The molecule has 0 aromatic carbocycles. The first kappa shape index (κ1) is 12.4. The molecule has 2 atom stereocenters. The Labute approximate surface area is 110 Å². The Morgan fingerprint density at radius 3 is 2.88 bits per heavy atom. The van der Waals surface area contributed by atoms with Crippen molar-refractivity contribution in [2.75, 3.05) is 7.05 Å². The minimum absolute atomic E-state index is 0.643. The number of aromatic nitrogens is 1. The SMILES string of the molecule is CNC1CCCCC1Sc1ccc(Br)cn1. The number of halogens is 1. The van der Waals surface area contributed by atoms with Gasteiger partial charge in [-0.2, -0.15) is 0 Å². The van der Waals surface area contributed by atoms with Crippen LogP contribution in [0.25, 0.3) is 0 Å². The van der Waals surface area contributed by atoms with E-state index < -0.39 is 0 Å². The second-order valence-corrected chi connectivity index (χ2v) is 6.33. The average Bonchev–Trinajstić information content (AvgIpc) is 2.33. The van der Waals surface area contributed by atoms with Gasteiger partial charge in [-0.15, -0.1) is 11.8 Å². The summed E-state index contributed by atoms with van der Waals surface area (Å²) < 4.78 is 1.05. The van der Waals surface area contributed by atoms with Crippen LogP contribution >= 0.6 is 27.7 Å². The highest BCUT2D eigenvalue weighted by Gasteiger charge is 2.24. The monoisotopic (exact) mass is 300 g/mol. The highest BCUT2D eigenvalue weighted by atomic mass is 79.9. The number of thioether (sulfide) groups is 1. The van der Waals surface area contributed by atoms with Crippen molar-refractivity contribution in [3.63, 3.8) is 0 Å². The molecule has 1 aromatic heterocycles. The predicted molar refractivity (Wildman–Crippen MR) is 72.9 cm³/mol. The zero-order valence-electron chi connectivity index (χ0n) is 9.45. The van der Waals surface area contributed by atoms with Gasteiger partial charge in [0, 0.05) is 22.0 Å². The third kappa shape index (κ3) is 3.22. The van der Waals surface area contributed by atoms with Gasteiger partial charge in [0.15, 0.2) is 0 Å². The standard InChI is InChI=1S/C12H17BrN2S/c1-14-10-4-2-3-5-11(10)16-12-7-6-9(13)8-15-12/h6-8,10-11,14H,2-5H2,1H3. The zero-order chi connectivity index (χ0) is 11.4. The summed E-state index contributed by atoms with van der Waals surface area (Å²) in [4.78, 5) is 4.43. The molecule has 88 valence electrons. The van der Waals surface area contributed by atoms with E-state index in [1.807, 2.05) is 18.0 Å². The summed E-state index contributed by atoms with van der Waals surface area (Å²) in [5.74, 6) is 0. The van der Waals surface area contributed by atoms with Crippen LogP contribution in [0.1, 0.15) is 25.7 Å². The third-order valence-electron chi connectivity index (χ3n) is 3.05. The maximum absolute atomic E-state index is 4.43. The number of pyridine rings is 1. The lowest BCUT2D eigenvalue weighted by atomic mass is 9.95. The lowest BCUT2D eigenvalue weighted by Crippen LogP contribution is -2.38. The summed E-state index contributed by atoms with van der Waals surface area (Å²) in [7, 11) is 2.07. The average molecular weight is 301 g/mol. The summed E-state index contributed by atoms with van der Waals surface area (Å²) in [6.45, 7) is 0. The first-order valence-corrected chi connectivity index (χ1v) is 7.42. The minimum atomic E-state index is 0.643. The molecule has 2 rings (SSSR count). The second-order valence-electron chi connectivity index (χ2n) is 4.15. The molecule has 2 unspecified atom stereocenters. The fraction of sp³-hybridized carbons (Fsp3) is 0.583. The molecular formula is C12H17BrN2S. The van der Waals surface area contributed by atoms with Gasteiger partial charge < -0.3 is 5.32 Å². The van der Waals surface area contributed by atoms with E-state index in [0.29, 0.717) is 11.3 Å². The van der Waals surface area contributed by atoms with Crippen molar-refractivity contribution in [1.29, 1.82) is 0 Å². The van der Waals surface area contributed by atoms with E-state index >= 15 is 0 Å². The lowest BCUT2D eigenvalue weighted by Gasteiger charge is -2.30. The van der Waals surface area contributed by atoms with Gasteiger partial charge in [-0.1, -0.05) is 12.8 Å². The van der Waals surface area contributed by atoms with Crippen LogP contribution in [-0.4, -0.2) is 23.3 Å². The fourth-order valence-corrected chi connectivity index (χ4v) is 3.68. The first-order chi connectivity index (χ1) is 7.79. The van der Waals surface area contributed by atoms with Crippen molar-refractivity contribution >= 4 is 27.7 Å². The zero-order valence-corrected chi connectivity index (χ0v) is 11.9. The summed E-state index contributed by atoms with van der Waals surface area (Å²) in [5, 5.41) is 5.24. The molecule has 1 fully saturated rings. The normalized spacial score (nSPS) is 25.6. The first-order valence-electron chi connectivity index (χ1n) is 5.75. The summed E-state index contributed by atoms with van der Waals surface area (Å²) in [5.41, 5.74) is 0. The maximum Gasteiger partial charge on any atom is 0.0963 e. The Kier molecular flexibility index (Phi) is 4.67. The second kappa shape index (κ2) is 6.03. The molecule has 0 radical (unpaired) electrons. The van der Waals surface area contributed by atoms with Crippen LogP contribution in [0.5, 0.6) is 0 Å². The van der Waals surface area contributed by atoms with Gasteiger partial charge in [0.2, 0.25) is 0 Å². The van der Waals surface area contributed by atoms with Crippen molar-refractivity contribution in [3.8, 4) is 0 Å². The van der Waals surface area contributed by atoms with Crippen molar-refractivity contribution in [2.45, 2.75) is 42.0 Å². The van der Waals surface area contributed by atoms with Crippen molar-refractivity contribution < 1.29 is 0 Å². The minimum Gasteiger partial charge on any atom is -0.316 e. The number of hydrogen-bond donors (Lipinski definition) is 1. The van der Waals surface area contributed by atoms with Crippen molar-refractivity contribution in [2.24, 2.45) is 0 Å². The molecular weight excluding hydrogens is 284 g/mol. The number of nitrogens with zero attached hydrogens (tertiary/aromatic N) is 1. The highest BCUT2D eigenvalue weighted by molar-refractivity contribution is 9.10. The summed E-state index contributed by atoms with van der Waals surface area (Å²) in [6, 6.07) is 4.80. The topological polar surface area (TPSA) is 24.9 Å². The van der Waals surface area contributed by atoms with E-state index in [9.17, 15) is 0 Å². The summed E-state index contributed by atoms with van der Waals surface area (Å²) >= 11 is 5.32. The highest BCUT2D eigenvalue weighted by Crippen LogP contribution is 2.33. The van der Waals surface area contributed by atoms with Crippen molar-refractivity contribution in [1.82, 2.24) is 10.3 Å². The molecule has 0 bridgehead atoms. The molecule has 1 heterocycles. The molecule has 1 saturated carbocycles. The van der Waals surface area contributed by atoms with Gasteiger partial charge in [0.1, 0.15) is 0 Å². The predicted octanol–water partition coefficient (Wildman–Crippen LogP) is 3.47. The van der Waals surface area contributed by atoms with Crippen LogP contribution in [0.2, 0.25) is 0 Å². The molecule has 2 nitrogen and oxygen atoms in total. The van der Waals surface area contributed by atoms with E-state index in [4.69, 9.17) is 0 Å². The maximum atomic E-state index is 4.43. The molecule has 0 amide bonds. The Bertz CT molecular complexity index is 328. The summed E-state index contributed by atoms with van der Waals surface area (Å²) in [6.07, 6.45) is 7.18. The van der Waals surface area contributed by atoms with E-state index in [1.54, 1.807) is 0 Å². The fourth-order valence-electron chi connectivity index (χ4n) is 2.16. The Morgan fingerprint density at radius 2 is 2.19 bits per heavy atom. The Hall–Kier alpha value is -0.0600. The Morgan fingerprint density at radius 1 is 1.38 bits per heavy atom. The number of nitrogens with one attached hydrogen (secondary N) is 1. The smallest absolute Gasteiger partial charge is 0.0963 e. The number of hydrogen-bond acceptors (Lipinski definition) is 3. The van der Waals surface area contributed by atoms with Gasteiger partial charge >= 0.3 is 0 Å². The largest absolute Gasteiger partial charge is 0.316 e. The van der Waals surface area contributed by atoms with Gasteiger partial charge in [-0.25, -0.2) is 4.98 Å². The molecule has 4 heteroatoms. The van der Waals surface area contributed by atoms with Crippen LogP contribution in [0.3, 0.4) is 0 Å². The Balaban J connectivity index is 1.99. The molecule has 0 saturated heterocycles. The van der Waals surface area contributed by atoms with E-state index in [-0.39, 0.29) is 0 Å². The third-order valence-corrected chi connectivity index (χ3v) is 4.86. The van der Waals surface area contributed by atoms with Crippen LogP contribution < -0.4 is 5.32 Å². The lowest BCUT2D eigenvalue weighted by molar-refractivity contribution is 0.405. The van der Waals surface area contributed by atoms with Gasteiger partial charge in [-0.3, -0.25) is 0 Å². The van der Waals surface area contributed by atoms with E-state index in [1.165, 1.54) is 25.7 Å². The molecule has 1 aromatic rings. The van der Waals surface area contributed by atoms with Crippen molar-refractivity contribution in [3.05, 3.63) is 22.8 Å². The van der Waals surface area contributed by atoms with E-state index in [2.05, 4.69) is 45.4 Å². The molecule has 0 spiro atoms. The van der Waals surface area contributed by atoms with Crippen LogP contribution in [0.15, 0.2) is 27.8 Å².